The highest BCUT2D eigenvalue weighted by molar-refractivity contribution is 6.07. The van der Waals surface area contributed by atoms with Crippen LogP contribution >= 0.6 is 0 Å². The molecule has 0 saturated heterocycles. The number of benzene rings is 1. The predicted octanol–water partition coefficient (Wildman–Crippen LogP) is 3.24. The number of nitrogens with one attached hydrogen (secondary N) is 2. The van der Waals surface area contributed by atoms with Gasteiger partial charge in [0.25, 0.3) is 11.8 Å². The van der Waals surface area contributed by atoms with Crippen molar-refractivity contribution in [2.45, 2.75) is 39.3 Å². The second kappa shape index (κ2) is 8.14. The van der Waals surface area contributed by atoms with Crippen LogP contribution in [0.4, 0.5) is 5.69 Å². The summed E-state index contributed by atoms with van der Waals surface area (Å²) in [6, 6.07) is 6.95. The lowest BCUT2D eigenvalue weighted by molar-refractivity contribution is 0.0949. The molecule has 0 radical (unpaired) electrons. The number of carbonyl (C=O) groups excluding carboxylic acids is 2. The number of amides is 2. The molecule has 1 aliphatic rings. The molecule has 0 spiro atoms. The minimum absolute atomic E-state index is 0.158. The molecule has 2 amide bonds. The Labute approximate surface area is 174 Å². The largest absolute Gasteiger partial charge is 0.495 e. The van der Waals surface area contributed by atoms with E-state index in [9.17, 15) is 9.59 Å². The smallest absolute Gasteiger partial charge is 0.257 e. The summed E-state index contributed by atoms with van der Waals surface area (Å²) in [4.78, 5) is 34.0. The molecule has 3 aromatic rings. The molecule has 4 rings (SSSR count). The highest BCUT2D eigenvalue weighted by atomic mass is 16.5. The van der Waals surface area contributed by atoms with Crippen LogP contribution in [0.1, 0.15) is 47.4 Å². The van der Waals surface area contributed by atoms with Crippen molar-refractivity contribution in [2.75, 3.05) is 12.4 Å². The number of fused-ring (bicyclic) bond motifs is 1. The molecular weight excluding hydrogens is 382 g/mol. The van der Waals surface area contributed by atoms with Crippen LogP contribution in [0.5, 0.6) is 5.75 Å². The van der Waals surface area contributed by atoms with E-state index in [2.05, 4.69) is 34.4 Å². The summed E-state index contributed by atoms with van der Waals surface area (Å²) in [6.07, 6.45) is 5.29. The van der Waals surface area contributed by atoms with Gasteiger partial charge in [0.2, 0.25) is 0 Å². The van der Waals surface area contributed by atoms with Crippen molar-refractivity contribution in [2.24, 2.45) is 5.92 Å². The zero-order valence-corrected chi connectivity index (χ0v) is 17.3. The number of hydrogen-bond acceptors (Lipinski definition) is 5. The lowest BCUT2D eigenvalue weighted by Gasteiger charge is -2.12. The Kier molecular flexibility index (Phi) is 5.39. The summed E-state index contributed by atoms with van der Waals surface area (Å²) in [5, 5.41) is 5.77. The van der Waals surface area contributed by atoms with E-state index in [-0.39, 0.29) is 17.9 Å². The van der Waals surface area contributed by atoms with E-state index in [0.29, 0.717) is 34.0 Å². The molecule has 8 heteroatoms. The molecule has 1 aliphatic carbocycles. The summed E-state index contributed by atoms with van der Waals surface area (Å²) in [5.74, 6) is 0.431. The van der Waals surface area contributed by atoms with Crippen molar-refractivity contribution in [1.29, 1.82) is 0 Å². The zero-order valence-electron chi connectivity index (χ0n) is 17.3. The van der Waals surface area contributed by atoms with Gasteiger partial charge in [-0.25, -0.2) is 9.97 Å². The van der Waals surface area contributed by atoms with Crippen molar-refractivity contribution in [3.63, 3.8) is 0 Å². The van der Waals surface area contributed by atoms with Gasteiger partial charge in [-0.15, -0.1) is 0 Å². The van der Waals surface area contributed by atoms with Crippen LogP contribution in [-0.2, 0) is 6.54 Å². The number of pyridine rings is 1. The fraction of sp³-hybridized carbons (Fsp3) is 0.364. The topological polar surface area (TPSA) is 98.1 Å². The predicted molar refractivity (Wildman–Crippen MR) is 114 cm³/mol. The quantitative estimate of drug-likeness (QED) is 0.627. The van der Waals surface area contributed by atoms with Crippen LogP contribution in [0.25, 0.3) is 11.2 Å². The molecule has 0 atom stereocenters. The maximum absolute atomic E-state index is 12.8. The van der Waals surface area contributed by atoms with Crippen LogP contribution in [0.2, 0.25) is 0 Å². The second-order valence-corrected chi connectivity index (χ2v) is 7.97. The van der Waals surface area contributed by atoms with Crippen LogP contribution < -0.4 is 15.4 Å². The fourth-order valence-electron chi connectivity index (χ4n) is 3.24. The van der Waals surface area contributed by atoms with Crippen LogP contribution in [0.3, 0.4) is 0 Å². The van der Waals surface area contributed by atoms with Crippen molar-refractivity contribution >= 4 is 28.7 Å². The van der Waals surface area contributed by atoms with Gasteiger partial charge in [0, 0.05) is 24.3 Å². The van der Waals surface area contributed by atoms with Gasteiger partial charge in [-0.2, -0.15) is 0 Å². The number of hydrogen-bond donors (Lipinski definition) is 2. The molecule has 0 bridgehead atoms. The third kappa shape index (κ3) is 4.27. The minimum Gasteiger partial charge on any atom is -0.495 e. The number of ether oxygens (including phenoxy) is 1. The lowest BCUT2D eigenvalue weighted by Crippen LogP contribution is -2.25. The number of methoxy groups -OCH3 is 1. The first-order valence-corrected chi connectivity index (χ1v) is 10.1. The second-order valence-electron chi connectivity index (χ2n) is 7.97. The molecule has 2 heterocycles. The van der Waals surface area contributed by atoms with E-state index in [1.807, 2.05) is 4.57 Å². The van der Waals surface area contributed by atoms with E-state index in [4.69, 9.17) is 4.74 Å². The van der Waals surface area contributed by atoms with Crippen molar-refractivity contribution < 1.29 is 14.3 Å². The zero-order chi connectivity index (χ0) is 21.3. The fourth-order valence-corrected chi connectivity index (χ4v) is 3.24. The first-order valence-electron chi connectivity index (χ1n) is 10.1. The van der Waals surface area contributed by atoms with Gasteiger partial charge in [0.1, 0.15) is 11.3 Å². The first-order chi connectivity index (χ1) is 14.4. The Hall–Kier alpha value is -3.42. The molecule has 1 aromatic carbocycles. The third-order valence-corrected chi connectivity index (χ3v) is 4.90. The number of rotatable bonds is 7. The summed E-state index contributed by atoms with van der Waals surface area (Å²) >= 11 is 0. The first kappa shape index (κ1) is 19.9. The Morgan fingerprint density at radius 1 is 1.17 bits per heavy atom. The highest BCUT2D eigenvalue weighted by Crippen LogP contribution is 2.27. The summed E-state index contributed by atoms with van der Waals surface area (Å²) in [7, 11) is 1.52. The van der Waals surface area contributed by atoms with E-state index in [1.165, 1.54) is 13.3 Å². The van der Waals surface area contributed by atoms with Gasteiger partial charge in [-0.1, -0.05) is 13.8 Å². The van der Waals surface area contributed by atoms with Gasteiger partial charge < -0.3 is 19.9 Å². The van der Waals surface area contributed by atoms with E-state index >= 15 is 0 Å². The number of carbonyl (C=O) groups is 2. The van der Waals surface area contributed by atoms with Crippen LogP contribution in [0, 0.1) is 5.92 Å². The lowest BCUT2D eigenvalue weighted by atomic mass is 10.1. The Morgan fingerprint density at radius 3 is 2.67 bits per heavy atom. The van der Waals surface area contributed by atoms with Gasteiger partial charge in [0.15, 0.2) is 5.65 Å². The Balaban J connectivity index is 1.55. The highest BCUT2D eigenvalue weighted by Gasteiger charge is 2.24. The molecule has 2 aromatic heterocycles. The number of aromatic nitrogens is 3. The van der Waals surface area contributed by atoms with Gasteiger partial charge in [-0.05, 0) is 43.0 Å². The van der Waals surface area contributed by atoms with Gasteiger partial charge >= 0.3 is 0 Å². The minimum atomic E-state index is -0.346. The molecule has 0 aliphatic heterocycles. The molecule has 156 valence electrons. The summed E-state index contributed by atoms with van der Waals surface area (Å²) in [6.45, 7) is 5.06. The number of imidazole rings is 1. The monoisotopic (exact) mass is 407 g/mol. The summed E-state index contributed by atoms with van der Waals surface area (Å²) in [5.41, 5.74) is 2.69. The molecule has 0 unspecified atom stereocenters. The molecule has 30 heavy (non-hydrogen) atoms. The third-order valence-electron chi connectivity index (χ3n) is 4.90. The van der Waals surface area contributed by atoms with Gasteiger partial charge in [-0.3, -0.25) is 9.59 Å². The van der Waals surface area contributed by atoms with E-state index in [0.717, 1.165) is 25.0 Å². The average molecular weight is 407 g/mol. The normalized spacial score (nSPS) is 13.5. The summed E-state index contributed by atoms with van der Waals surface area (Å²) < 4.78 is 7.32. The Morgan fingerprint density at radius 2 is 1.97 bits per heavy atom. The maximum Gasteiger partial charge on any atom is 0.257 e. The van der Waals surface area contributed by atoms with Gasteiger partial charge in [0.05, 0.1) is 24.7 Å². The average Bonchev–Trinajstić information content (AvgIpc) is 3.46. The standard InChI is InChI=1S/C22H25N5O3/c1-13(2)11-27-12-24-18-9-15(10-23-20(18)27)22(29)26-17-8-14(4-7-19(17)30-3)21(28)25-16-5-6-16/h4,7-10,12-13,16H,5-6,11H2,1-3H3,(H,25,28)(H,26,29). The van der Waals surface area contributed by atoms with Crippen LogP contribution in [0.15, 0.2) is 36.8 Å². The van der Waals surface area contributed by atoms with Crippen molar-refractivity contribution in [3.05, 3.63) is 47.9 Å². The molecule has 1 saturated carbocycles. The number of anilines is 1. The van der Waals surface area contributed by atoms with E-state index < -0.39 is 0 Å². The van der Waals surface area contributed by atoms with Crippen LogP contribution in [-0.4, -0.2) is 39.5 Å². The maximum atomic E-state index is 12.8. The molecule has 8 nitrogen and oxygen atoms in total. The van der Waals surface area contributed by atoms with E-state index in [1.54, 1.807) is 30.6 Å². The molecule has 2 N–H and O–H groups in total. The SMILES string of the molecule is COc1ccc(C(=O)NC2CC2)cc1NC(=O)c1cnc2c(c1)ncn2CC(C)C. The van der Waals surface area contributed by atoms with Crippen molar-refractivity contribution in [1.82, 2.24) is 19.9 Å². The number of nitrogens with zero attached hydrogens (tertiary/aromatic N) is 3. The molecular formula is C22H25N5O3. The van der Waals surface area contributed by atoms with Crippen molar-refractivity contribution in [3.8, 4) is 5.75 Å². The molecule has 1 fully saturated rings. The Bertz CT molecular complexity index is 1100.